The molecule has 2 aromatic rings. The second kappa shape index (κ2) is 7.99. The molecular formula is C20H24N2O4. The molecule has 1 unspecified atom stereocenters. The number of hydrogen-bond acceptors (Lipinski definition) is 4. The number of nitrogens with one attached hydrogen (secondary N) is 2. The zero-order valence-electron chi connectivity index (χ0n) is 15.2. The highest BCUT2D eigenvalue weighted by Gasteiger charge is 2.21. The quantitative estimate of drug-likeness (QED) is 0.850. The van der Waals surface area contributed by atoms with Gasteiger partial charge in [0.25, 0.3) is 0 Å². The Bertz CT molecular complexity index is 776. The van der Waals surface area contributed by atoms with Crippen LogP contribution in [0.5, 0.6) is 17.2 Å². The van der Waals surface area contributed by atoms with E-state index >= 15 is 0 Å². The molecule has 2 amide bonds. The zero-order valence-corrected chi connectivity index (χ0v) is 15.2. The van der Waals surface area contributed by atoms with Gasteiger partial charge in [-0.25, -0.2) is 4.79 Å². The molecule has 6 heteroatoms. The van der Waals surface area contributed by atoms with Crippen LogP contribution >= 0.6 is 0 Å². The van der Waals surface area contributed by atoms with Crippen molar-refractivity contribution in [2.45, 2.75) is 19.9 Å². The van der Waals surface area contributed by atoms with E-state index in [1.807, 2.05) is 36.4 Å². The molecule has 1 atom stereocenters. The number of ether oxygens (including phenoxy) is 3. The predicted octanol–water partition coefficient (Wildman–Crippen LogP) is 3.99. The van der Waals surface area contributed by atoms with Gasteiger partial charge in [0.2, 0.25) is 0 Å². The van der Waals surface area contributed by atoms with Crippen LogP contribution in [0.3, 0.4) is 0 Å². The van der Waals surface area contributed by atoms with Crippen molar-refractivity contribution in [2.75, 3.05) is 25.6 Å². The van der Waals surface area contributed by atoms with Gasteiger partial charge in [-0.2, -0.15) is 0 Å². The van der Waals surface area contributed by atoms with Crippen LogP contribution in [0.15, 0.2) is 42.5 Å². The monoisotopic (exact) mass is 356 g/mol. The summed E-state index contributed by atoms with van der Waals surface area (Å²) >= 11 is 0. The molecule has 138 valence electrons. The van der Waals surface area contributed by atoms with Crippen LogP contribution in [0.25, 0.3) is 0 Å². The molecule has 0 saturated heterocycles. The van der Waals surface area contributed by atoms with E-state index in [1.54, 1.807) is 13.2 Å². The van der Waals surface area contributed by atoms with E-state index in [2.05, 4.69) is 24.5 Å². The Labute approximate surface area is 153 Å². The molecule has 2 N–H and O–H groups in total. The second-order valence-electron chi connectivity index (χ2n) is 6.46. The molecule has 2 aromatic carbocycles. The number of urea groups is 1. The van der Waals surface area contributed by atoms with E-state index in [9.17, 15) is 4.79 Å². The fraction of sp³-hybridized carbons (Fsp3) is 0.350. The van der Waals surface area contributed by atoms with Gasteiger partial charge in [-0.15, -0.1) is 0 Å². The number of amides is 2. The van der Waals surface area contributed by atoms with E-state index in [1.165, 1.54) is 0 Å². The molecule has 1 heterocycles. The highest BCUT2D eigenvalue weighted by atomic mass is 16.6. The number of carbonyl (C=O) groups is 1. The number of anilines is 1. The average Bonchev–Trinajstić information content (AvgIpc) is 2.65. The summed E-state index contributed by atoms with van der Waals surface area (Å²) in [6.07, 6.45) is 0. The summed E-state index contributed by atoms with van der Waals surface area (Å²) in [4.78, 5) is 12.5. The lowest BCUT2D eigenvalue weighted by Crippen LogP contribution is -2.35. The average molecular weight is 356 g/mol. The number of carbonyl (C=O) groups excluding carboxylic acids is 1. The van der Waals surface area contributed by atoms with Crippen molar-refractivity contribution in [3.63, 3.8) is 0 Å². The smallest absolute Gasteiger partial charge is 0.319 e. The summed E-state index contributed by atoms with van der Waals surface area (Å²) in [5.74, 6) is 2.35. The van der Waals surface area contributed by atoms with Crippen LogP contribution in [0, 0.1) is 5.92 Å². The molecule has 0 aromatic heterocycles. The largest absolute Gasteiger partial charge is 0.497 e. The summed E-state index contributed by atoms with van der Waals surface area (Å²) in [5.41, 5.74) is 1.65. The molecule has 6 nitrogen and oxygen atoms in total. The number of methoxy groups -OCH3 is 1. The molecule has 1 aliphatic rings. The van der Waals surface area contributed by atoms with E-state index in [0.29, 0.717) is 24.7 Å². The van der Waals surface area contributed by atoms with Gasteiger partial charge in [0, 0.05) is 11.8 Å². The molecule has 0 spiro atoms. The molecule has 1 aliphatic heterocycles. The maximum atomic E-state index is 12.5. The Hall–Kier alpha value is -2.89. The summed E-state index contributed by atoms with van der Waals surface area (Å²) < 4.78 is 16.4. The summed E-state index contributed by atoms with van der Waals surface area (Å²) in [6.45, 7) is 5.22. The standard InChI is InChI=1S/C20H24N2O4/c1-13(2)19(14-7-8-17-18(11-14)26-10-9-25-17)22-20(23)21-15-5-4-6-16(12-15)24-3/h4-8,11-13,19H,9-10H2,1-3H3,(H2,21,22,23). The lowest BCUT2D eigenvalue weighted by Gasteiger charge is -2.25. The highest BCUT2D eigenvalue weighted by molar-refractivity contribution is 5.89. The van der Waals surface area contributed by atoms with Crippen LogP contribution in [-0.4, -0.2) is 26.4 Å². The van der Waals surface area contributed by atoms with E-state index in [-0.39, 0.29) is 18.0 Å². The number of fused-ring (bicyclic) bond motifs is 1. The molecule has 26 heavy (non-hydrogen) atoms. The SMILES string of the molecule is COc1cccc(NC(=O)NC(c2ccc3c(c2)OCCO3)C(C)C)c1. The molecular weight excluding hydrogens is 332 g/mol. The second-order valence-corrected chi connectivity index (χ2v) is 6.46. The van der Waals surface area contributed by atoms with Gasteiger partial charge in [-0.1, -0.05) is 26.0 Å². The lowest BCUT2D eigenvalue weighted by molar-refractivity contribution is 0.171. The third-order valence-corrected chi connectivity index (χ3v) is 4.21. The minimum Gasteiger partial charge on any atom is -0.497 e. The normalized spacial score (nSPS) is 13.8. The Morgan fingerprint density at radius 1 is 1.08 bits per heavy atom. The van der Waals surface area contributed by atoms with Crippen LogP contribution < -0.4 is 24.8 Å². The van der Waals surface area contributed by atoms with Gasteiger partial charge < -0.3 is 24.8 Å². The van der Waals surface area contributed by atoms with E-state index in [0.717, 1.165) is 17.1 Å². The van der Waals surface area contributed by atoms with Gasteiger partial charge in [0.15, 0.2) is 11.5 Å². The van der Waals surface area contributed by atoms with E-state index in [4.69, 9.17) is 14.2 Å². The zero-order chi connectivity index (χ0) is 18.5. The molecule has 0 aliphatic carbocycles. The van der Waals surface area contributed by atoms with E-state index < -0.39 is 0 Å². The Balaban J connectivity index is 1.73. The van der Waals surface area contributed by atoms with Crippen molar-refractivity contribution in [3.8, 4) is 17.2 Å². The summed E-state index contributed by atoms with van der Waals surface area (Å²) in [7, 11) is 1.59. The van der Waals surface area contributed by atoms with Gasteiger partial charge in [0.05, 0.1) is 13.2 Å². The Morgan fingerprint density at radius 2 is 1.85 bits per heavy atom. The highest BCUT2D eigenvalue weighted by Crippen LogP contribution is 2.34. The number of benzene rings is 2. The third kappa shape index (κ3) is 4.20. The van der Waals surface area contributed by atoms with Crippen LogP contribution in [0.1, 0.15) is 25.5 Å². The molecule has 0 bridgehead atoms. The van der Waals surface area contributed by atoms with Crippen LogP contribution in [-0.2, 0) is 0 Å². The first-order valence-electron chi connectivity index (χ1n) is 8.68. The number of rotatable bonds is 5. The first-order chi connectivity index (χ1) is 12.6. The van der Waals surface area contributed by atoms with Crippen molar-refractivity contribution in [2.24, 2.45) is 5.92 Å². The molecule has 0 radical (unpaired) electrons. The van der Waals surface area contributed by atoms with Crippen molar-refractivity contribution < 1.29 is 19.0 Å². The van der Waals surface area contributed by atoms with Crippen LogP contribution in [0.4, 0.5) is 10.5 Å². The van der Waals surface area contributed by atoms with Crippen molar-refractivity contribution in [3.05, 3.63) is 48.0 Å². The van der Waals surface area contributed by atoms with Gasteiger partial charge in [-0.3, -0.25) is 0 Å². The van der Waals surface area contributed by atoms with Gasteiger partial charge >= 0.3 is 6.03 Å². The first kappa shape index (κ1) is 17.9. The Morgan fingerprint density at radius 3 is 2.58 bits per heavy atom. The fourth-order valence-corrected chi connectivity index (χ4v) is 2.90. The predicted molar refractivity (Wildman–Crippen MR) is 100 cm³/mol. The van der Waals surface area contributed by atoms with Crippen molar-refractivity contribution in [1.82, 2.24) is 5.32 Å². The first-order valence-corrected chi connectivity index (χ1v) is 8.68. The molecule has 0 fully saturated rings. The van der Waals surface area contributed by atoms with Crippen LogP contribution in [0.2, 0.25) is 0 Å². The van der Waals surface area contributed by atoms with Crippen molar-refractivity contribution in [1.29, 1.82) is 0 Å². The topological polar surface area (TPSA) is 68.8 Å². The lowest BCUT2D eigenvalue weighted by atomic mass is 9.95. The molecule has 3 rings (SSSR count). The molecule has 0 saturated carbocycles. The third-order valence-electron chi connectivity index (χ3n) is 4.21. The maximum absolute atomic E-state index is 12.5. The van der Waals surface area contributed by atoms with Crippen molar-refractivity contribution >= 4 is 11.7 Å². The maximum Gasteiger partial charge on any atom is 0.319 e. The minimum absolute atomic E-state index is 0.156. The Kier molecular flexibility index (Phi) is 5.51. The van der Waals surface area contributed by atoms with Gasteiger partial charge in [-0.05, 0) is 35.7 Å². The minimum atomic E-state index is -0.271. The number of hydrogen-bond donors (Lipinski definition) is 2. The summed E-state index contributed by atoms with van der Waals surface area (Å²) in [5, 5.41) is 5.89. The summed E-state index contributed by atoms with van der Waals surface area (Å²) in [6, 6.07) is 12.6. The van der Waals surface area contributed by atoms with Gasteiger partial charge in [0.1, 0.15) is 19.0 Å². The fourth-order valence-electron chi connectivity index (χ4n) is 2.90.